The largest absolute Gasteiger partial charge is 0.436 e. The Kier molecular flexibility index (Phi) is 11.0. The van der Waals surface area contributed by atoms with Crippen molar-refractivity contribution >= 4 is 23.7 Å². The van der Waals surface area contributed by atoms with Gasteiger partial charge < -0.3 is 29.5 Å². The molecule has 0 radical (unpaired) electrons. The highest BCUT2D eigenvalue weighted by Gasteiger charge is 2.39. The number of benzene rings is 2. The SMILES string of the molecule is O=C(O[C@H](Cc1cc(C(F)(F)F)cc(C(F)(F)F)c1)C(=O)N1CCN(C2CCOCC2)CC1)N1CCC(N2CCc3ccccc3NC2=O)CC1. The summed E-state index contributed by atoms with van der Waals surface area (Å²) >= 11 is 0. The summed E-state index contributed by atoms with van der Waals surface area (Å²) in [5, 5.41) is 2.93. The lowest BCUT2D eigenvalue weighted by atomic mass is 9.99. The van der Waals surface area contributed by atoms with E-state index in [0.29, 0.717) is 64.2 Å². The molecule has 4 heterocycles. The Morgan fingerprint density at radius 1 is 0.804 bits per heavy atom. The number of hydrogen-bond acceptors (Lipinski definition) is 6. The summed E-state index contributed by atoms with van der Waals surface area (Å²) in [4.78, 5) is 47.2. The smallest absolute Gasteiger partial charge is 0.416 e. The standard InChI is InChI=1S/C35H41F6N5O5/c36-34(37,38)25-19-23(20-26(22-25)35(39,40)41)21-30(31(47)44-15-13-43(14-16-44)27-8-17-50-18-9-27)51-33(49)45-10-6-28(7-11-45)46-12-5-24-3-1-2-4-29(24)42-32(46)48/h1-4,19-20,22,27-28,30H,5-18,21H2,(H,42,48)/t30-/m1/s1. The minimum absolute atomic E-state index is 0.0231. The van der Waals surface area contributed by atoms with Gasteiger partial charge in [0.15, 0.2) is 6.10 Å². The maximum atomic E-state index is 13.9. The monoisotopic (exact) mass is 725 g/mol. The number of likely N-dealkylation sites (tertiary alicyclic amines) is 1. The van der Waals surface area contributed by atoms with E-state index in [4.69, 9.17) is 9.47 Å². The number of hydrogen-bond donors (Lipinski definition) is 1. The van der Waals surface area contributed by atoms with Crippen LogP contribution in [-0.2, 0) is 39.5 Å². The van der Waals surface area contributed by atoms with Crippen molar-refractivity contribution in [3.05, 3.63) is 64.7 Å². The van der Waals surface area contributed by atoms with Gasteiger partial charge in [0.1, 0.15) is 0 Å². The van der Waals surface area contributed by atoms with E-state index in [2.05, 4.69) is 10.2 Å². The van der Waals surface area contributed by atoms with Gasteiger partial charge in [0.2, 0.25) is 0 Å². The van der Waals surface area contributed by atoms with Gasteiger partial charge in [0, 0.05) is 83.2 Å². The Bertz CT molecular complexity index is 1530. The third-order valence-electron chi connectivity index (χ3n) is 10.2. The van der Waals surface area contributed by atoms with Crippen LogP contribution < -0.4 is 5.32 Å². The lowest BCUT2D eigenvalue weighted by molar-refractivity contribution is -0.143. The summed E-state index contributed by atoms with van der Waals surface area (Å²) in [7, 11) is 0. The van der Waals surface area contributed by atoms with E-state index in [0.717, 1.165) is 24.1 Å². The Morgan fingerprint density at radius 2 is 1.43 bits per heavy atom. The van der Waals surface area contributed by atoms with Crippen LogP contribution in [0, 0.1) is 0 Å². The summed E-state index contributed by atoms with van der Waals surface area (Å²) in [6.45, 7) is 3.64. The molecule has 4 aliphatic rings. The average Bonchev–Trinajstić information content (AvgIpc) is 3.28. The summed E-state index contributed by atoms with van der Waals surface area (Å²) in [5.41, 5.74) is -1.71. The van der Waals surface area contributed by atoms with Crippen LogP contribution in [0.2, 0.25) is 0 Å². The average molecular weight is 726 g/mol. The van der Waals surface area contributed by atoms with Crippen LogP contribution >= 0.6 is 0 Å². The highest BCUT2D eigenvalue weighted by molar-refractivity contribution is 5.91. The van der Waals surface area contributed by atoms with Gasteiger partial charge in [-0.3, -0.25) is 9.69 Å². The van der Waals surface area contributed by atoms with Crippen LogP contribution in [-0.4, -0.2) is 115 Å². The first-order valence-corrected chi connectivity index (χ1v) is 17.3. The summed E-state index contributed by atoms with van der Waals surface area (Å²) < 4.78 is 93.1. The first-order valence-electron chi connectivity index (χ1n) is 17.3. The Balaban J connectivity index is 1.15. The molecule has 6 rings (SSSR count). The summed E-state index contributed by atoms with van der Waals surface area (Å²) in [5.74, 6) is -0.684. The summed E-state index contributed by atoms with van der Waals surface area (Å²) in [6.07, 6.45) is -10.2. The van der Waals surface area contributed by atoms with Crippen molar-refractivity contribution in [2.45, 2.75) is 69.1 Å². The fourth-order valence-corrected chi connectivity index (χ4v) is 7.39. The zero-order chi connectivity index (χ0) is 36.3. The number of piperidine rings is 1. The molecule has 2 aromatic rings. The number of para-hydroxylation sites is 1. The lowest BCUT2D eigenvalue weighted by Crippen LogP contribution is -2.56. The quantitative estimate of drug-likeness (QED) is 0.387. The first-order chi connectivity index (χ1) is 24.3. The molecule has 16 heteroatoms. The van der Waals surface area contributed by atoms with Crippen LogP contribution in [0.5, 0.6) is 0 Å². The second-order valence-electron chi connectivity index (χ2n) is 13.4. The molecule has 0 aromatic heterocycles. The number of anilines is 1. The molecule has 0 unspecified atom stereocenters. The normalized spacial score (nSPS) is 20.7. The Hall–Kier alpha value is -4.05. The highest BCUT2D eigenvalue weighted by Crippen LogP contribution is 2.37. The number of piperazine rings is 1. The van der Waals surface area contributed by atoms with Crippen LogP contribution in [0.15, 0.2) is 42.5 Å². The van der Waals surface area contributed by atoms with E-state index in [1.165, 1.54) is 9.80 Å². The van der Waals surface area contributed by atoms with Gasteiger partial charge in [0.25, 0.3) is 5.91 Å². The number of ether oxygens (including phenoxy) is 2. The molecule has 2 aromatic carbocycles. The molecule has 1 N–H and O–H groups in total. The second kappa shape index (κ2) is 15.3. The number of carbonyl (C=O) groups excluding carboxylic acids is 3. The van der Waals surface area contributed by atoms with Crippen LogP contribution in [0.1, 0.15) is 47.9 Å². The molecule has 0 saturated carbocycles. The van der Waals surface area contributed by atoms with Crippen LogP contribution in [0.25, 0.3) is 0 Å². The van der Waals surface area contributed by atoms with Gasteiger partial charge in [-0.25, -0.2) is 9.59 Å². The molecule has 1 atom stereocenters. The second-order valence-corrected chi connectivity index (χ2v) is 13.4. The van der Waals surface area contributed by atoms with Gasteiger partial charge in [-0.2, -0.15) is 26.3 Å². The molecule has 3 saturated heterocycles. The van der Waals surface area contributed by atoms with Crippen molar-refractivity contribution in [1.29, 1.82) is 0 Å². The predicted octanol–water partition coefficient (Wildman–Crippen LogP) is 5.65. The molecule has 0 spiro atoms. The maximum absolute atomic E-state index is 13.9. The Morgan fingerprint density at radius 3 is 2.06 bits per heavy atom. The molecule has 51 heavy (non-hydrogen) atoms. The van der Waals surface area contributed by atoms with Crippen molar-refractivity contribution in [3.63, 3.8) is 0 Å². The minimum atomic E-state index is -5.08. The number of halogens is 6. The molecular weight excluding hydrogens is 684 g/mol. The first kappa shape index (κ1) is 36.7. The fourth-order valence-electron chi connectivity index (χ4n) is 7.39. The van der Waals surface area contributed by atoms with Crippen molar-refractivity contribution in [2.75, 3.05) is 64.3 Å². The van der Waals surface area contributed by atoms with Crippen LogP contribution in [0.4, 0.5) is 41.6 Å². The molecule has 0 bridgehead atoms. The minimum Gasteiger partial charge on any atom is -0.436 e. The highest BCUT2D eigenvalue weighted by atomic mass is 19.4. The number of rotatable bonds is 6. The predicted molar refractivity (Wildman–Crippen MR) is 173 cm³/mol. The number of fused-ring (bicyclic) bond motifs is 1. The van der Waals surface area contributed by atoms with E-state index in [-0.39, 0.29) is 50.4 Å². The molecule has 0 aliphatic carbocycles. The Labute approximate surface area is 291 Å². The van der Waals surface area contributed by atoms with Gasteiger partial charge in [-0.15, -0.1) is 0 Å². The van der Waals surface area contributed by atoms with Gasteiger partial charge >= 0.3 is 24.5 Å². The number of urea groups is 1. The van der Waals surface area contributed by atoms with E-state index in [1.807, 2.05) is 24.3 Å². The van der Waals surface area contributed by atoms with E-state index in [9.17, 15) is 40.7 Å². The van der Waals surface area contributed by atoms with Crippen molar-refractivity contribution in [2.24, 2.45) is 0 Å². The maximum Gasteiger partial charge on any atom is 0.416 e. The molecule has 4 amide bonds. The van der Waals surface area contributed by atoms with Gasteiger partial charge in [-0.1, -0.05) is 18.2 Å². The summed E-state index contributed by atoms with van der Waals surface area (Å²) in [6, 6.07) is 8.52. The number of alkyl halides is 6. The topological polar surface area (TPSA) is 94.7 Å². The zero-order valence-corrected chi connectivity index (χ0v) is 28.0. The van der Waals surface area contributed by atoms with Gasteiger partial charge in [0.05, 0.1) is 11.1 Å². The van der Waals surface area contributed by atoms with Crippen molar-refractivity contribution < 1.29 is 50.2 Å². The molecule has 4 aliphatic heterocycles. The fraction of sp³-hybridized carbons (Fsp3) is 0.571. The number of nitrogens with zero attached hydrogens (tertiary/aromatic N) is 4. The number of carbonyl (C=O) groups is 3. The van der Waals surface area contributed by atoms with E-state index < -0.39 is 53.6 Å². The van der Waals surface area contributed by atoms with Crippen molar-refractivity contribution in [1.82, 2.24) is 19.6 Å². The third-order valence-corrected chi connectivity index (χ3v) is 10.2. The van der Waals surface area contributed by atoms with E-state index in [1.54, 1.807) is 4.90 Å². The lowest BCUT2D eigenvalue weighted by Gasteiger charge is -2.41. The molecule has 278 valence electrons. The van der Waals surface area contributed by atoms with Crippen molar-refractivity contribution in [3.8, 4) is 0 Å². The van der Waals surface area contributed by atoms with Crippen LogP contribution in [0.3, 0.4) is 0 Å². The molecule has 10 nitrogen and oxygen atoms in total. The van der Waals surface area contributed by atoms with E-state index >= 15 is 0 Å². The molecular formula is C35H41F6N5O5. The van der Waals surface area contributed by atoms with Gasteiger partial charge in [-0.05, 0) is 67.5 Å². The third kappa shape index (κ3) is 8.88. The number of amides is 4. The molecule has 3 fully saturated rings. The number of nitrogens with one attached hydrogen (secondary N) is 1. The zero-order valence-electron chi connectivity index (χ0n) is 28.0.